The van der Waals surface area contributed by atoms with Crippen molar-refractivity contribution in [3.05, 3.63) is 36.4 Å². The zero-order valence-electron chi connectivity index (χ0n) is 12.8. The number of amides is 2. The van der Waals surface area contributed by atoms with Gasteiger partial charge in [0, 0.05) is 6.92 Å². The molecule has 0 unspecified atom stereocenters. The molecule has 3 aliphatic rings. The maximum Gasteiger partial charge on any atom is 0.308 e. The summed E-state index contributed by atoms with van der Waals surface area (Å²) in [6.07, 6.45) is 2.93. The van der Waals surface area contributed by atoms with Crippen LogP contribution < -0.4 is 9.64 Å². The van der Waals surface area contributed by atoms with Crippen LogP contribution in [0.15, 0.2) is 36.4 Å². The molecule has 3 aliphatic heterocycles. The fraction of sp³-hybridized carbons (Fsp3) is 0.353. The zero-order valence-corrected chi connectivity index (χ0v) is 12.8. The van der Waals surface area contributed by atoms with Gasteiger partial charge in [-0.05, 0) is 24.3 Å². The van der Waals surface area contributed by atoms with E-state index in [9.17, 15) is 19.5 Å². The SMILES string of the molecule is CC(=O)Oc1ccc(N2C(=O)[C@H]3[C@@H]4C=C[C@](CO)(O4)[C@@H]3C2=O)cc1. The van der Waals surface area contributed by atoms with E-state index in [0.29, 0.717) is 11.4 Å². The van der Waals surface area contributed by atoms with E-state index in [0.717, 1.165) is 4.90 Å². The van der Waals surface area contributed by atoms with Crippen molar-refractivity contribution in [1.29, 1.82) is 0 Å². The summed E-state index contributed by atoms with van der Waals surface area (Å²) in [7, 11) is 0. The molecule has 7 nitrogen and oxygen atoms in total. The third kappa shape index (κ3) is 1.88. The van der Waals surface area contributed by atoms with Crippen LogP contribution in [0.5, 0.6) is 5.75 Å². The quantitative estimate of drug-likeness (QED) is 0.374. The van der Waals surface area contributed by atoms with E-state index in [2.05, 4.69) is 0 Å². The van der Waals surface area contributed by atoms with Gasteiger partial charge in [-0.2, -0.15) is 0 Å². The molecule has 1 aromatic carbocycles. The highest BCUT2D eigenvalue weighted by Gasteiger charge is 2.67. The Labute approximate surface area is 137 Å². The predicted octanol–water partition coefficient (Wildman–Crippen LogP) is 0.417. The predicted molar refractivity (Wildman–Crippen MR) is 81.1 cm³/mol. The molecule has 1 N–H and O–H groups in total. The fourth-order valence-electron chi connectivity index (χ4n) is 3.77. The minimum Gasteiger partial charge on any atom is -0.427 e. The summed E-state index contributed by atoms with van der Waals surface area (Å²) in [5, 5.41) is 9.66. The van der Waals surface area contributed by atoms with Crippen molar-refractivity contribution in [2.75, 3.05) is 11.5 Å². The molecule has 0 spiro atoms. The van der Waals surface area contributed by atoms with Crippen LogP contribution in [-0.2, 0) is 19.1 Å². The third-order valence-electron chi connectivity index (χ3n) is 4.76. The highest BCUT2D eigenvalue weighted by atomic mass is 16.5. The van der Waals surface area contributed by atoms with Gasteiger partial charge >= 0.3 is 5.97 Å². The van der Waals surface area contributed by atoms with Gasteiger partial charge in [0.15, 0.2) is 0 Å². The lowest BCUT2D eigenvalue weighted by Gasteiger charge is -2.26. The van der Waals surface area contributed by atoms with Crippen LogP contribution in [-0.4, -0.2) is 41.2 Å². The van der Waals surface area contributed by atoms with Crippen LogP contribution in [0.25, 0.3) is 0 Å². The Bertz CT molecular complexity index is 770. The van der Waals surface area contributed by atoms with E-state index in [-0.39, 0.29) is 18.4 Å². The first-order valence-corrected chi connectivity index (χ1v) is 7.61. The molecule has 124 valence electrons. The van der Waals surface area contributed by atoms with E-state index in [1.54, 1.807) is 24.3 Å². The number of imide groups is 1. The highest BCUT2D eigenvalue weighted by molar-refractivity contribution is 6.23. The van der Waals surface area contributed by atoms with Crippen molar-refractivity contribution in [1.82, 2.24) is 0 Å². The summed E-state index contributed by atoms with van der Waals surface area (Å²) in [6.45, 7) is 0.944. The average Bonchev–Trinajstić information content (AvgIpc) is 3.19. The number of anilines is 1. The monoisotopic (exact) mass is 329 g/mol. The van der Waals surface area contributed by atoms with Gasteiger partial charge in [0.05, 0.1) is 30.2 Å². The Hall–Kier alpha value is -2.51. The van der Waals surface area contributed by atoms with Gasteiger partial charge in [-0.3, -0.25) is 14.4 Å². The highest BCUT2D eigenvalue weighted by Crippen LogP contribution is 2.52. The molecule has 0 aromatic heterocycles. The number of aliphatic hydroxyl groups excluding tert-OH is 1. The average molecular weight is 329 g/mol. The summed E-state index contributed by atoms with van der Waals surface area (Å²) in [5.41, 5.74) is -0.697. The molecule has 2 amide bonds. The van der Waals surface area contributed by atoms with Crippen molar-refractivity contribution in [2.24, 2.45) is 11.8 Å². The van der Waals surface area contributed by atoms with Gasteiger partial charge in [-0.25, -0.2) is 4.90 Å². The standard InChI is InChI=1S/C17H15NO6/c1-9(20)23-11-4-2-10(3-5-11)18-15(21)13-12-6-7-17(8-19,24-12)14(13)16(18)22/h2-7,12-14,19H,8H2,1H3/t12-,13-,14-,17+/m0/s1. The van der Waals surface area contributed by atoms with Crippen molar-refractivity contribution in [2.45, 2.75) is 18.6 Å². The number of benzene rings is 1. The van der Waals surface area contributed by atoms with Crippen molar-refractivity contribution in [3.63, 3.8) is 0 Å². The second-order valence-corrected chi connectivity index (χ2v) is 6.16. The first kappa shape index (κ1) is 15.0. The number of carbonyl (C=O) groups is 3. The molecule has 3 heterocycles. The molecule has 4 rings (SSSR count). The minimum atomic E-state index is -1.10. The van der Waals surface area contributed by atoms with Gasteiger partial charge in [0.1, 0.15) is 11.4 Å². The van der Waals surface area contributed by atoms with E-state index in [4.69, 9.17) is 9.47 Å². The van der Waals surface area contributed by atoms with Crippen LogP contribution >= 0.6 is 0 Å². The van der Waals surface area contributed by atoms with Crippen molar-refractivity contribution < 1.29 is 29.0 Å². The first-order valence-electron chi connectivity index (χ1n) is 7.61. The van der Waals surface area contributed by atoms with Crippen molar-refractivity contribution >= 4 is 23.5 Å². The first-order chi connectivity index (χ1) is 11.5. The lowest BCUT2D eigenvalue weighted by Crippen LogP contribution is -2.43. The number of hydrogen-bond acceptors (Lipinski definition) is 6. The fourth-order valence-corrected chi connectivity index (χ4v) is 3.77. The second kappa shape index (κ2) is 4.99. The molecule has 1 aromatic rings. The third-order valence-corrected chi connectivity index (χ3v) is 4.76. The Morgan fingerprint density at radius 2 is 2.00 bits per heavy atom. The Balaban J connectivity index is 1.65. The number of rotatable bonds is 3. The summed E-state index contributed by atoms with van der Waals surface area (Å²) in [5.74, 6) is -2.15. The number of ether oxygens (including phenoxy) is 2. The minimum absolute atomic E-state index is 0.336. The summed E-state index contributed by atoms with van der Waals surface area (Å²) in [6, 6.07) is 6.15. The van der Waals surface area contributed by atoms with Gasteiger partial charge in [-0.1, -0.05) is 12.2 Å². The molecule has 4 atom stereocenters. The molecular weight excluding hydrogens is 314 g/mol. The molecule has 7 heteroatoms. The smallest absolute Gasteiger partial charge is 0.308 e. The van der Waals surface area contributed by atoms with Crippen LogP contribution in [0.2, 0.25) is 0 Å². The molecule has 0 aliphatic carbocycles. The summed E-state index contributed by atoms with van der Waals surface area (Å²) < 4.78 is 10.6. The molecule has 0 saturated carbocycles. The lowest BCUT2D eigenvalue weighted by atomic mass is 9.77. The van der Waals surface area contributed by atoms with Crippen LogP contribution in [0.1, 0.15) is 6.92 Å². The van der Waals surface area contributed by atoms with Gasteiger partial charge in [0.25, 0.3) is 0 Å². The Morgan fingerprint density at radius 3 is 2.62 bits per heavy atom. The molecule has 0 radical (unpaired) electrons. The number of fused-ring (bicyclic) bond motifs is 5. The zero-order chi connectivity index (χ0) is 17.1. The topological polar surface area (TPSA) is 93.1 Å². The maximum absolute atomic E-state index is 12.8. The van der Waals surface area contributed by atoms with Crippen LogP contribution in [0.4, 0.5) is 5.69 Å². The van der Waals surface area contributed by atoms with Crippen LogP contribution in [0.3, 0.4) is 0 Å². The van der Waals surface area contributed by atoms with Gasteiger partial charge < -0.3 is 14.6 Å². The van der Waals surface area contributed by atoms with Crippen LogP contribution in [0, 0.1) is 11.8 Å². The summed E-state index contributed by atoms with van der Waals surface area (Å²) >= 11 is 0. The summed E-state index contributed by atoms with van der Waals surface area (Å²) in [4.78, 5) is 37.6. The van der Waals surface area contributed by atoms with Gasteiger partial charge in [0.2, 0.25) is 11.8 Å². The second-order valence-electron chi connectivity index (χ2n) is 6.16. The maximum atomic E-state index is 12.8. The molecular formula is C17H15NO6. The number of hydrogen-bond donors (Lipinski definition) is 1. The van der Waals surface area contributed by atoms with Gasteiger partial charge in [-0.15, -0.1) is 0 Å². The molecule has 2 saturated heterocycles. The molecule has 2 fully saturated rings. The number of aliphatic hydroxyl groups is 1. The Morgan fingerprint density at radius 1 is 1.29 bits per heavy atom. The van der Waals surface area contributed by atoms with Crippen molar-refractivity contribution in [3.8, 4) is 5.75 Å². The van der Waals surface area contributed by atoms with E-state index < -0.39 is 29.5 Å². The molecule has 24 heavy (non-hydrogen) atoms. The van der Waals surface area contributed by atoms with E-state index >= 15 is 0 Å². The Kier molecular flexibility index (Phi) is 3.13. The lowest BCUT2D eigenvalue weighted by molar-refractivity contribution is -0.132. The molecule has 2 bridgehead atoms. The van der Waals surface area contributed by atoms with E-state index in [1.807, 2.05) is 0 Å². The normalized spacial score (nSPS) is 33.2. The largest absolute Gasteiger partial charge is 0.427 e. The van der Waals surface area contributed by atoms with E-state index in [1.165, 1.54) is 19.1 Å². The number of esters is 1. The number of nitrogens with zero attached hydrogens (tertiary/aromatic N) is 1. The number of carbonyl (C=O) groups excluding carboxylic acids is 3.